The van der Waals surface area contributed by atoms with Gasteiger partial charge in [0.1, 0.15) is 0 Å². The monoisotopic (exact) mass is 186 g/mol. The molecule has 3 nitrogen and oxygen atoms in total. The molecule has 0 aromatic heterocycles. The molecule has 0 aromatic carbocycles. The Kier molecular flexibility index (Phi) is 8.67. The predicted molar refractivity (Wildman–Crippen MR) is 51.6 cm³/mol. The van der Waals surface area contributed by atoms with Crippen molar-refractivity contribution in [2.24, 2.45) is 0 Å². The summed E-state index contributed by atoms with van der Waals surface area (Å²) >= 11 is 0. The number of allylic oxidation sites excluding steroid dienone is 1. The van der Waals surface area contributed by atoms with Crippen LogP contribution in [0.4, 0.5) is 0 Å². The maximum atomic E-state index is 10.1. The highest BCUT2D eigenvalue weighted by molar-refractivity contribution is 5.66. The summed E-state index contributed by atoms with van der Waals surface area (Å²) in [4.78, 5) is 10.1. The van der Waals surface area contributed by atoms with Gasteiger partial charge in [0.15, 0.2) is 0 Å². The van der Waals surface area contributed by atoms with E-state index in [1.165, 1.54) is 0 Å². The molecule has 0 aromatic rings. The Balaban J connectivity index is 2.99. The topological polar surface area (TPSA) is 57.5 Å². The molecule has 0 aliphatic heterocycles. The Hall–Kier alpha value is -0.830. The fraction of sp³-hybridized carbons (Fsp3) is 0.700. The Morgan fingerprint density at radius 2 is 1.77 bits per heavy atom. The lowest BCUT2D eigenvalue weighted by molar-refractivity contribution is -0.137. The van der Waals surface area contributed by atoms with Gasteiger partial charge in [0, 0.05) is 6.42 Å². The largest absolute Gasteiger partial charge is 0.481 e. The van der Waals surface area contributed by atoms with Gasteiger partial charge in [-0.2, -0.15) is 0 Å². The fourth-order valence-corrected chi connectivity index (χ4v) is 1.08. The smallest absolute Gasteiger partial charge is 0.303 e. The molecule has 2 N–H and O–H groups in total. The highest BCUT2D eigenvalue weighted by Crippen LogP contribution is 2.05. The Labute approximate surface area is 79.1 Å². The zero-order valence-electron chi connectivity index (χ0n) is 7.91. The summed E-state index contributed by atoms with van der Waals surface area (Å²) in [5, 5.41) is 16.8. The van der Waals surface area contributed by atoms with Crippen molar-refractivity contribution in [1.29, 1.82) is 0 Å². The van der Waals surface area contributed by atoms with Crippen LogP contribution in [-0.2, 0) is 4.79 Å². The summed E-state index contributed by atoms with van der Waals surface area (Å²) in [6.45, 7) is 0.110. The van der Waals surface area contributed by atoms with Crippen molar-refractivity contribution in [1.82, 2.24) is 0 Å². The lowest BCUT2D eigenvalue weighted by Crippen LogP contribution is -1.93. The maximum absolute atomic E-state index is 10.1. The number of hydrogen-bond donors (Lipinski definition) is 2. The third-order valence-electron chi connectivity index (χ3n) is 1.78. The number of carboxylic acid groups (broad SMARTS) is 1. The highest BCUT2D eigenvalue weighted by Gasteiger charge is 1.95. The van der Waals surface area contributed by atoms with Crippen LogP contribution >= 0.6 is 0 Å². The Bertz CT molecular complexity index is 152. The van der Waals surface area contributed by atoms with E-state index in [4.69, 9.17) is 10.2 Å². The predicted octanol–water partition coefficient (Wildman–Crippen LogP) is 1.96. The van der Waals surface area contributed by atoms with Crippen molar-refractivity contribution >= 4 is 5.97 Å². The minimum atomic E-state index is -0.708. The third-order valence-corrected chi connectivity index (χ3v) is 1.78. The van der Waals surface area contributed by atoms with Gasteiger partial charge in [-0.25, -0.2) is 0 Å². The number of unbranched alkanes of at least 4 members (excludes halogenated alkanes) is 4. The number of aliphatic hydroxyl groups is 1. The van der Waals surface area contributed by atoms with Crippen molar-refractivity contribution in [3.8, 4) is 0 Å². The second-order valence-corrected chi connectivity index (χ2v) is 3.00. The van der Waals surface area contributed by atoms with Crippen LogP contribution in [0.5, 0.6) is 0 Å². The normalized spacial score (nSPS) is 10.8. The van der Waals surface area contributed by atoms with E-state index in [2.05, 4.69) is 0 Å². The van der Waals surface area contributed by atoms with Crippen LogP contribution in [0.2, 0.25) is 0 Å². The molecular formula is C10H18O3. The second kappa shape index (κ2) is 9.26. The summed E-state index contributed by atoms with van der Waals surface area (Å²) in [5.41, 5.74) is 0. The SMILES string of the molecule is O=C(O)CCCCCCC=CCO. The second-order valence-electron chi connectivity index (χ2n) is 3.00. The summed E-state index contributed by atoms with van der Waals surface area (Å²) in [5.74, 6) is -0.708. The van der Waals surface area contributed by atoms with E-state index in [-0.39, 0.29) is 13.0 Å². The Morgan fingerprint density at radius 1 is 1.08 bits per heavy atom. The van der Waals surface area contributed by atoms with Crippen LogP contribution in [0.3, 0.4) is 0 Å². The lowest BCUT2D eigenvalue weighted by atomic mass is 10.1. The average molecular weight is 186 g/mol. The first-order valence-corrected chi connectivity index (χ1v) is 4.75. The molecule has 0 fully saturated rings. The first kappa shape index (κ1) is 12.2. The van der Waals surface area contributed by atoms with E-state index < -0.39 is 5.97 Å². The molecule has 0 heterocycles. The van der Waals surface area contributed by atoms with E-state index >= 15 is 0 Å². The molecule has 0 rings (SSSR count). The van der Waals surface area contributed by atoms with Crippen LogP contribution in [-0.4, -0.2) is 22.8 Å². The number of carbonyl (C=O) groups is 1. The molecule has 13 heavy (non-hydrogen) atoms. The number of rotatable bonds is 8. The molecule has 3 heteroatoms. The van der Waals surface area contributed by atoms with Crippen LogP contribution in [0, 0.1) is 0 Å². The zero-order chi connectivity index (χ0) is 9.94. The fourth-order valence-electron chi connectivity index (χ4n) is 1.08. The molecule has 0 aliphatic carbocycles. The average Bonchev–Trinajstić information content (AvgIpc) is 2.09. The summed E-state index contributed by atoms with van der Waals surface area (Å²) in [7, 11) is 0. The van der Waals surface area contributed by atoms with E-state index in [0.29, 0.717) is 0 Å². The van der Waals surface area contributed by atoms with E-state index in [0.717, 1.165) is 32.1 Å². The first-order chi connectivity index (χ1) is 6.27. The van der Waals surface area contributed by atoms with Crippen molar-refractivity contribution < 1.29 is 15.0 Å². The van der Waals surface area contributed by atoms with Gasteiger partial charge in [-0.3, -0.25) is 4.79 Å². The first-order valence-electron chi connectivity index (χ1n) is 4.75. The van der Waals surface area contributed by atoms with Gasteiger partial charge in [-0.05, 0) is 19.3 Å². The van der Waals surface area contributed by atoms with Crippen LogP contribution in [0.15, 0.2) is 12.2 Å². The third kappa shape index (κ3) is 11.2. The van der Waals surface area contributed by atoms with Gasteiger partial charge < -0.3 is 10.2 Å². The minimum Gasteiger partial charge on any atom is -0.481 e. The van der Waals surface area contributed by atoms with Crippen molar-refractivity contribution in [3.05, 3.63) is 12.2 Å². The molecule has 0 saturated heterocycles. The number of aliphatic hydroxyl groups excluding tert-OH is 1. The quantitative estimate of drug-likeness (QED) is 0.450. The molecule has 0 radical (unpaired) electrons. The molecule has 0 bridgehead atoms. The summed E-state index contributed by atoms with van der Waals surface area (Å²) in [6.07, 6.45) is 8.87. The molecule has 0 spiro atoms. The lowest BCUT2D eigenvalue weighted by Gasteiger charge is -1.96. The number of hydrogen-bond acceptors (Lipinski definition) is 2. The van der Waals surface area contributed by atoms with Crippen LogP contribution < -0.4 is 0 Å². The molecule has 0 aliphatic rings. The maximum Gasteiger partial charge on any atom is 0.303 e. The van der Waals surface area contributed by atoms with Gasteiger partial charge >= 0.3 is 5.97 Å². The van der Waals surface area contributed by atoms with Crippen molar-refractivity contribution in [2.75, 3.05) is 6.61 Å². The van der Waals surface area contributed by atoms with Gasteiger partial charge in [0.2, 0.25) is 0 Å². The van der Waals surface area contributed by atoms with Gasteiger partial charge in [0.25, 0.3) is 0 Å². The molecule has 0 unspecified atom stereocenters. The van der Waals surface area contributed by atoms with Gasteiger partial charge in [-0.15, -0.1) is 0 Å². The van der Waals surface area contributed by atoms with Gasteiger partial charge in [0.05, 0.1) is 6.61 Å². The van der Waals surface area contributed by atoms with E-state index in [9.17, 15) is 4.79 Å². The standard InChI is InChI=1S/C10H18O3/c11-9-7-5-3-1-2-4-6-8-10(12)13/h5,7,11H,1-4,6,8-9H2,(H,12,13). The van der Waals surface area contributed by atoms with Crippen molar-refractivity contribution in [2.45, 2.75) is 38.5 Å². The summed E-state index contributed by atoms with van der Waals surface area (Å²) in [6, 6.07) is 0. The number of carboxylic acids is 1. The van der Waals surface area contributed by atoms with E-state index in [1.807, 2.05) is 6.08 Å². The molecule has 0 atom stereocenters. The molecule has 76 valence electrons. The molecule has 0 amide bonds. The van der Waals surface area contributed by atoms with Crippen molar-refractivity contribution in [3.63, 3.8) is 0 Å². The molecule has 0 saturated carbocycles. The molecular weight excluding hydrogens is 168 g/mol. The van der Waals surface area contributed by atoms with Gasteiger partial charge in [-0.1, -0.05) is 25.0 Å². The minimum absolute atomic E-state index is 0.110. The Morgan fingerprint density at radius 3 is 2.38 bits per heavy atom. The summed E-state index contributed by atoms with van der Waals surface area (Å²) < 4.78 is 0. The van der Waals surface area contributed by atoms with Crippen LogP contribution in [0.1, 0.15) is 38.5 Å². The van der Waals surface area contributed by atoms with Crippen LogP contribution in [0.25, 0.3) is 0 Å². The number of aliphatic carboxylic acids is 1. The van der Waals surface area contributed by atoms with E-state index in [1.54, 1.807) is 6.08 Å². The zero-order valence-corrected chi connectivity index (χ0v) is 7.91. The highest BCUT2D eigenvalue weighted by atomic mass is 16.4.